The minimum Gasteiger partial charge on any atom is -0.452 e. The zero-order valence-electron chi connectivity index (χ0n) is 16.0. The summed E-state index contributed by atoms with van der Waals surface area (Å²) in [6.07, 6.45) is 0. The zero-order valence-corrected chi connectivity index (χ0v) is 16.8. The molecule has 0 aliphatic rings. The predicted octanol–water partition coefficient (Wildman–Crippen LogP) is 4.41. The van der Waals surface area contributed by atoms with Gasteiger partial charge in [0.1, 0.15) is 0 Å². The summed E-state index contributed by atoms with van der Waals surface area (Å²) >= 11 is 1.35. The third-order valence-electron chi connectivity index (χ3n) is 4.11. The van der Waals surface area contributed by atoms with Gasteiger partial charge in [-0.25, -0.2) is 4.79 Å². The first-order chi connectivity index (χ1) is 13.9. The van der Waals surface area contributed by atoms with Crippen LogP contribution in [-0.4, -0.2) is 24.4 Å². The number of ether oxygens (including phenoxy) is 1. The number of amides is 2. The van der Waals surface area contributed by atoms with E-state index in [9.17, 15) is 14.4 Å². The number of esters is 1. The van der Waals surface area contributed by atoms with E-state index in [1.54, 1.807) is 24.3 Å². The van der Waals surface area contributed by atoms with Gasteiger partial charge in [-0.3, -0.25) is 9.59 Å². The number of benzene rings is 2. The molecule has 0 atom stereocenters. The van der Waals surface area contributed by atoms with Crippen molar-refractivity contribution in [1.82, 2.24) is 0 Å². The van der Waals surface area contributed by atoms with Gasteiger partial charge in [-0.15, -0.1) is 11.3 Å². The van der Waals surface area contributed by atoms with Crippen molar-refractivity contribution in [2.24, 2.45) is 0 Å². The van der Waals surface area contributed by atoms with Crippen LogP contribution in [0.1, 0.15) is 31.2 Å². The monoisotopic (exact) mass is 408 g/mol. The molecule has 1 aromatic heterocycles. The first-order valence-corrected chi connectivity index (χ1v) is 9.79. The molecule has 0 aliphatic carbocycles. The SMILES string of the molecule is Cc1ccc(NC(=O)COC(=O)c2ccc(NC(=O)c3cccs3)cc2)c(C)c1. The van der Waals surface area contributed by atoms with E-state index in [0.29, 0.717) is 21.8 Å². The van der Waals surface area contributed by atoms with Crippen molar-refractivity contribution in [2.75, 3.05) is 17.2 Å². The van der Waals surface area contributed by atoms with Crippen molar-refractivity contribution in [3.05, 3.63) is 81.5 Å². The highest BCUT2D eigenvalue weighted by atomic mass is 32.1. The summed E-state index contributed by atoms with van der Waals surface area (Å²) in [5.41, 5.74) is 3.57. The summed E-state index contributed by atoms with van der Waals surface area (Å²) in [4.78, 5) is 36.8. The second-order valence-corrected chi connectivity index (χ2v) is 7.40. The normalized spacial score (nSPS) is 10.3. The molecular weight excluding hydrogens is 388 g/mol. The molecular formula is C22H20N2O4S. The number of aryl methyl sites for hydroxylation is 2. The van der Waals surface area contributed by atoms with Gasteiger partial charge in [0, 0.05) is 11.4 Å². The number of hydrogen-bond acceptors (Lipinski definition) is 5. The van der Waals surface area contributed by atoms with Crippen molar-refractivity contribution >= 4 is 40.5 Å². The number of carbonyl (C=O) groups is 3. The van der Waals surface area contributed by atoms with Gasteiger partial charge in [-0.1, -0.05) is 23.8 Å². The maximum atomic E-state index is 12.1. The van der Waals surface area contributed by atoms with Crippen LogP contribution >= 0.6 is 11.3 Å². The van der Waals surface area contributed by atoms with Crippen LogP contribution in [0.5, 0.6) is 0 Å². The zero-order chi connectivity index (χ0) is 20.8. The summed E-state index contributed by atoms with van der Waals surface area (Å²) in [7, 11) is 0. The van der Waals surface area contributed by atoms with E-state index >= 15 is 0 Å². The van der Waals surface area contributed by atoms with Gasteiger partial charge in [0.25, 0.3) is 11.8 Å². The highest BCUT2D eigenvalue weighted by Crippen LogP contribution is 2.17. The lowest BCUT2D eigenvalue weighted by Crippen LogP contribution is -2.21. The molecule has 2 amide bonds. The van der Waals surface area contributed by atoms with E-state index in [0.717, 1.165) is 11.1 Å². The van der Waals surface area contributed by atoms with Crippen LogP contribution in [0.3, 0.4) is 0 Å². The van der Waals surface area contributed by atoms with E-state index < -0.39 is 11.9 Å². The fourth-order valence-corrected chi connectivity index (χ4v) is 3.26. The Hall–Kier alpha value is -3.45. The van der Waals surface area contributed by atoms with Crippen LogP contribution in [0.2, 0.25) is 0 Å². The van der Waals surface area contributed by atoms with E-state index in [1.807, 2.05) is 37.4 Å². The molecule has 148 valence electrons. The molecule has 0 saturated heterocycles. The van der Waals surface area contributed by atoms with Gasteiger partial charge in [0.05, 0.1) is 10.4 Å². The lowest BCUT2D eigenvalue weighted by molar-refractivity contribution is -0.119. The second kappa shape index (κ2) is 9.16. The molecule has 0 radical (unpaired) electrons. The topological polar surface area (TPSA) is 84.5 Å². The molecule has 3 rings (SSSR count). The summed E-state index contributed by atoms with van der Waals surface area (Å²) in [6.45, 7) is 3.48. The van der Waals surface area contributed by atoms with E-state index in [2.05, 4.69) is 10.6 Å². The van der Waals surface area contributed by atoms with Crippen molar-refractivity contribution in [3.8, 4) is 0 Å². The van der Waals surface area contributed by atoms with Gasteiger partial charge >= 0.3 is 5.97 Å². The number of thiophene rings is 1. The van der Waals surface area contributed by atoms with Gasteiger partial charge in [-0.2, -0.15) is 0 Å². The minimum atomic E-state index is -0.614. The minimum absolute atomic E-state index is 0.210. The molecule has 3 aromatic rings. The Morgan fingerprint density at radius 3 is 2.38 bits per heavy atom. The van der Waals surface area contributed by atoms with Gasteiger partial charge < -0.3 is 15.4 Å². The summed E-state index contributed by atoms with van der Waals surface area (Å²) in [5, 5.41) is 7.30. The predicted molar refractivity (Wildman–Crippen MR) is 114 cm³/mol. The maximum absolute atomic E-state index is 12.1. The Kier molecular flexibility index (Phi) is 6.41. The van der Waals surface area contributed by atoms with Crippen LogP contribution < -0.4 is 10.6 Å². The first kappa shape index (κ1) is 20.3. The number of nitrogens with one attached hydrogen (secondary N) is 2. The molecule has 0 fully saturated rings. The molecule has 7 heteroatoms. The lowest BCUT2D eigenvalue weighted by atomic mass is 10.1. The number of carbonyl (C=O) groups excluding carboxylic acids is 3. The Morgan fingerprint density at radius 2 is 1.72 bits per heavy atom. The third kappa shape index (κ3) is 5.52. The van der Waals surface area contributed by atoms with E-state index in [1.165, 1.54) is 23.5 Å². The van der Waals surface area contributed by atoms with Crippen molar-refractivity contribution in [1.29, 1.82) is 0 Å². The number of rotatable bonds is 6. The van der Waals surface area contributed by atoms with Gasteiger partial charge in [0.2, 0.25) is 0 Å². The van der Waals surface area contributed by atoms with Crippen LogP contribution in [0.4, 0.5) is 11.4 Å². The molecule has 0 aliphatic heterocycles. The average molecular weight is 408 g/mol. The molecule has 2 N–H and O–H groups in total. The van der Waals surface area contributed by atoms with Crippen molar-refractivity contribution in [2.45, 2.75) is 13.8 Å². The number of anilines is 2. The maximum Gasteiger partial charge on any atom is 0.338 e. The average Bonchev–Trinajstić information content (AvgIpc) is 3.24. The Labute approximate surface area is 172 Å². The highest BCUT2D eigenvalue weighted by Gasteiger charge is 2.12. The Balaban J connectivity index is 1.51. The lowest BCUT2D eigenvalue weighted by Gasteiger charge is -2.10. The quantitative estimate of drug-likeness (QED) is 0.592. The molecule has 1 heterocycles. The van der Waals surface area contributed by atoms with Crippen molar-refractivity contribution in [3.63, 3.8) is 0 Å². The van der Waals surface area contributed by atoms with Crippen molar-refractivity contribution < 1.29 is 19.1 Å². The largest absolute Gasteiger partial charge is 0.452 e. The van der Waals surface area contributed by atoms with Gasteiger partial charge in [0.15, 0.2) is 6.61 Å². The standard InChI is InChI=1S/C22H20N2O4S/c1-14-5-10-18(15(2)12-14)24-20(25)13-28-22(27)16-6-8-17(9-7-16)23-21(26)19-4-3-11-29-19/h3-12H,13H2,1-2H3,(H,23,26)(H,24,25). The van der Waals surface area contributed by atoms with Gasteiger partial charge in [-0.05, 0) is 61.2 Å². The molecule has 6 nitrogen and oxygen atoms in total. The van der Waals surface area contributed by atoms with E-state index in [-0.39, 0.29) is 12.5 Å². The van der Waals surface area contributed by atoms with E-state index in [4.69, 9.17) is 4.74 Å². The van der Waals surface area contributed by atoms with Crippen LogP contribution in [0.25, 0.3) is 0 Å². The fraction of sp³-hybridized carbons (Fsp3) is 0.136. The molecule has 0 unspecified atom stereocenters. The Morgan fingerprint density at radius 1 is 0.966 bits per heavy atom. The van der Waals surface area contributed by atoms with Crippen LogP contribution in [0.15, 0.2) is 60.0 Å². The summed E-state index contributed by atoms with van der Waals surface area (Å²) < 4.78 is 5.07. The van der Waals surface area contributed by atoms with Crippen LogP contribution in [-0.2, 0) is 9.53 Å². The molecule has 0 spiro atoms. The Bertz CT molecular complexity index is 1030. The third-order valence-corrected chi connectivity index (χ3v) is 4.98. The smallest absolute Gasteiger partial charge is 0.338 e. The highest BCUT2D eigenvalue weighted by molar-refractivity contribution is 7.12. The fourth-order valence-electron chi connectivity index (χ4n) is 2.64. The summed E-state index contributed by atoms with van der Waals surface area (Å²) in [5.74, 6) is -1.24. The second-order valence-electron chi connectivity index (χ2n) is 6.45. The molecule has 0 saturated carbocycles. The first-order valence-electron chi connectivity index (χ1n) is 8.91. The molecule has 0 bridgehead atoms. The van der Waals surface area contributed by atoms with Crippen LogP contribution in [0, 0.1) is 13.8 Å². The summed E-state index contributed by atoms with van der Waals surface area (Å²) in [6, 6.07) is 15.5. The molecule has 29 heavy (non-hydrogen) atoms. The number of hydrogen-bond donors (Lipinski definition) is 2. The molecule has 2 aromatic carbocycles.